The van der Waals surface area contributed by atoms with Crippen LogP contribution in [-0.4, -0.2) is 15.0 Å². The minimum Gasteiger partial charge on any atom is -0.455 e. The molecular formula is C47H29N3O. The molecule has 8 aromatic carbocycles. The molecular weight excluding hydrogens is 623 g/mol. The van der Waals surface area contributed by atoms with Crippen LogP contribution in [0.1, 0.15) is 0 Å². The number of para-hydroxylation sites is 1. The molecule has 0 aliphatic carbocycles. The second-order valence-electron chi connectivity index (χ2n) is 12.8. The molecule has 10 rings (SSSR count). The van der Waals surface area contributed by atoms with Gasteiger partial charge in [-0.25, -0.2) is 15.0 Å². The van der Waals surface area contributed by atoms with Crippen LogP contribution in [0.3, 0.4) is 0 Å². The summed E-state index contributed by atoms with van der Waals surface area (Å²) in [4.78, 5) is 15.6. The summed E-state index contributed by atoms with van der Waals surface area (Å²) in [5.41, 5.74) is 9.00. The lowest BCUT2D eigenvalue weighted by atomic mass is 9.96. The number of fused-ring (bicyclic) bond motifs is 6. The van der Waals surface area contributed by atoms with Gasteiger partial charge in [-0.2, -0.15) is 0 Å². The summed E-state index contributed by atoms with van der Waals surface area (Å²) in [5.74, 6) is 1.83. The van der Waals surface area contributed by atoms with Crippen LogP contribution >= 0.6 is 0 Å². The maximum atomic E-state index is 6.64. The first kappa shape index (κ1) is 29.0. The minimum atomic E-state index is 0.596. The van der Waals surface area contributed by atoms with Crippen LogP contribution in [-0.2, 0) is 0 Å². The largest absolute Gasteiger partial charge is 0.455 e. The average Bonchev–Trinajstić information content (AvgIpc) is 3.61. The summed E-state index contributed by atoms with van der Waals surface area (Å²) < 4.78 is 6.64. The molecule has 0 unspecified atom stereocenters. The second kappa shape index (κ2) is 11.9. The molecule has 0 fully saturated rings. The van der Waals surface area contributed by atoms with Gasteiger partial charge in [0.1, 0.15) is 11.2 Å². The van der Waals surface area contributed by atoms with Crippen LogP contribution in [0.2, 0.25) is 0 Å². The summed E-state index contributed by atoms with van der Waals surface area (Å²) in [7, 11) is 0. The van der Waals surface area contributed by atoms with E-state index in [0.29, 0.717) is 17.5 Å². The Kier molecular flexibility index (Phi) is 6.78. The standard InChI is InChI=1S/C47H29N3O/c1-3-11-30(12-4-1)33-19-22-34(23-20-33)45-48-46(37-24-21-32-15-7-8-16-35(32)27-37)50-47(49-45)41-29-38-28-36(31-13-5-2-6-14-31)25-26-39(38)44-43(41)40-17-9-10-18-42(40)51-44/h1-29H. The molecule has 0 N–H and O–H groups in total. The summed E-state index contributed by atoms with van der Waals surface area (Å²) in [5, 5.41) is 6.42. The SMILES string of the molecule is c1ccc(-c2ccc(-c3nc(-c4ccc5ccccc5c4)nc(-c4cc5cc(-c6ccccc6)ccc5c5oc6ccccc6c45)n3)cc2)cc1. The molecule has 0 saturated heterocycles. The fourth-order valence-electron chi connectivity index (χ4n) is 7.13. The van der Waals surface area contributed by atoms with Crippen molar-refractivity contribution in [3.8, 4) is 56.4 Å². The lowest BCUT2D eigenvalue weighted by Crippen LogP contribution is -2.00. The fraction of sp³-hybridized carbons (Fsp3) is 0. The van der Waals surface area contributed by atoms with E-state index in [1.165, 1.54) is 5.39 Å². The fourth-order valence-corrected chi connectivity index (χ4v) is 7.13. The maximum Gasteiger partial charge on any atom is 0.164 e. The van der Waals surface area contributed by atoms with Crippen LogP contribution in [0.15, 0.2) is 180 Å². The molecule has 0 atom stereocenters. The van der Waals surface area contributed by atoms with E-state index in [9.17, 15) is 0 Å². The van der Waals surface area contributed by atoms with Crippen LogP contribution in [0.5, 0.6) is 0 Å². The molecule has 0 aliphatic heterocycles. The van der Waals surface area contributed by atoms with Crippen molar-refractivity contribution in [2.75, 3.05) is 0 Å². The minimum absolute atomic E-state index is 0.596. The summed E-state index contributed by atoms with van der Waals surface area (Å²) >= 11 is 0. The highest BCUT2D eigenvalue weighted by atomic mass is 16.3. The van der Waals surface area contributed by atoms with Crippen molar-refractivity contribution < 1.29 is 4.42 Å². The Morgan fingerprint density at radius 2 is 0.882 bits per heavy atom. The molecule has 0 radical (unpaired) electrons. The Hall–Kier alpha value is -6.91. The zero-order chi connectivity index (χ0) is 33.7. The van der Waals surface area contributed by atoms with E-state index in [0.717, 1.165) is 77.0 Å². The number of hydrogen-bond acceptors (Lipinski definition) is 4. The molecule has 2 aromatic heterocycles. The van der Waals surface area contributed by atoms with Crippen molar-refractivity contribution in [2.24, 2.45) is 0 Å². The third-order valence-electron chi connectivity index (χ3n) is 9.70. The number of benzene rings is 8. The predicted molar refractivity (Wildman–Crippen MR) is 209 cm³/mol. The molecule has 4 nitrogen and oxygen atoms in total. The monoisotopic (exact) mass is 651 g/mol. The molecule has 0 spiro atoms. The number of nitrogens with zero attached hydrogens (tertiary/aromatic N) is 3. The number of hydrogen-bond donors (Lipinski definition) is 0. The molecule has 238 valence electrons. The lowest BCUT2D eigenvalue weighted by molar-refractivity contribution is 0.672. The first-order valence-electron chi connectivity index (χ1n) is 17.1. The van der Waals surface area contributed by atoms with E-state index >= 15 is 0 Å². The first-order chi connectivity index (χ1) is 25.2. The average molecular weight is 652 g/mol. The molecule has 0 amide bonds. The molecule has 2 heterocycles. The van der Waals surface area contributed by atoms with Gasteiger partial charge in [-0.3, -0.25) is 0 Å². The number of aromatic nitrogens is 3. The van der Waals surface area contributed by atoms with Gasteiger partial charge in [0.15, 0.2) is 17.5 Å². The van der Waals surface area contributed by atoms with Crippen molar-refractivity contribution in [3.05, 3.63) is 176 Å². The lowest BCUT2D eigenvalue weighted by Gasteiger charge is -2.12. The Labute approximate surface area is 294 Å². The van der Waals surface area contributed by atoms with Crippen LogP contribution in [0.4, 0.5) is 0 Å². The van der Waals surface area contributed by atoms with Gasteiger partial charge in [0, 0.05) is 32.8 Å². The van der Waals surface area contributed by atoms with Crippen molar-refractivity contribution in [3.63, 3.8) is 0 Å². The van der Waals surface area contributed by atoms with Crippen molar-refractivity contribution in [2.45, 2.75) is 0 Å². The van der Waals surface area contributed by atoms with Gasteiger partial charge in [0.05, 0.1) is 0 Å². The van der Waals surface area contributed by atoms with Crippen LogP contribution in [0, 0.1) is 0 Å². The third kappa shape index (κ3) is 5.13. The summed E-state index contributed by atoms with van der Waals surface area (Å²) in [6.45, 7) is 0. The molecule has 0 aliphatic rings. The number of furan rings is 1. The molecule has 0 bridgehead atoms. The Balaban J connectivity index is 1.23. The van der Waals surface area contributed by atoms with Crippen molar-refractivity contribution in [1.29, 1.82) is 0 Å². The molecule has 4 heteroatoms. The van der Waals surface area contributed by atoms with E-state index in [1.807, 2.05) is 24.3 Å². The quantitative estimate of drug-likeness (QED) is 0.186. The smallest absolute Gasteiger partial charge is 0.164 e. The van der Waals surface area contributed by atoms with Crippen LogP contribution in [0.25, 0.3) is 99.9 Å². The normalized spacial score (nSPS) is 11.5. The van der Waals surface area contributed by atoms with E-state index in [-0.39, 0.29) is 0 Å². The Bertz CT molecular complexity index is 2900. The Morgan fingerprint density at radius 3 is 1.67 bits per heavy atom. The van der Waals surface area contributed by atoms with E-state index in [2.05, 4.69) is 152 Å². The summed E-state index contributed by atoms with van der Waals surface area (Å²) in [6.07, 6.45) is 0. The predicted octanol–water partition coefficient (Wildman–Crippen LogP) is 12.4. The van der Waals surface area contributed by atoms with Gasteiger partial charge >= 0.3 is 0 Å². The zero-order valence-corrected chi connectivity index (χ0v) is 27.5. The summed E-state index contributed by atoms with van der Waals surface area (Å²) in [6, 6.07) is 61.1. The molecule has 10 aromatic rings. The van der Waals surface area contributed by atoms with Crippen LogP contribution < -0.4 is 0 Å². The van der Waals surface area contributed by atoms with Gasteiger partial charge in [0.2, 0.25) is 0 Å². The second-order valence-corrected chi connectivity index (χ2v) is 12.8. The zero-order valence-electron chi connectivity index (χ0n) is 27.5. The molecule has 51 heavy (non-hydrogen) atoms. The van der Waals surface area contributed by atoms with Crippen molar-refractivity contribution >= 4 is 43.5 Å². The van der Waals surface area contributed by atoms with Crippen molar-refractivity contribution in [1.82, 2.24) is 15.0 Å². The third-order valence-corrected chi connectivity index (χ3v) is 9.70. The van der Waals surface area contributed by atoms with Gasteiger partial charge in [-0.05, 0) is 68.7 Å². The van der Waals surface area contributed by atoms with Gasteiger partial charge in [-0.1, -0.05) is 146 Å². The highest BCUT2D eigenvalue weighted by Crippen LogP contribution is 2.42. The topological polar surface area (TPSA) is 51.8 Å². The van der Waals surface area contributed by atoms with Gasteiger partial charge < -0.3 is 4.42 Å². The molecule has 0 saturated carbocycles. The first-order valence-corrected chi connectivity index (χ1v) is 17.1. The number of rotatable bonds is 5. The Morgan fingerprint density at radius 1 is 0.333 bits per heavy atom. The van der Waals surface area contributed by atoms with Gasteiger partial charge in [-0.15, -0.1) is 0 Å². The van der Waals surface area contributed by atoms with E-state index < -0.39 is 0 Å². The highest BCUT2D eigenvalue weighted by molar-refractivity contribution is 6.21. The highest BCUT2D eigenvalue weighted by Gasteiger charge is 2.21. The maximum absolute atomic E-state index is 6.64. The van der Waals surface area contributed by atoms with E-state index in [1.54, 1.807) is 0 Å². The van der Waals surface area contributed by atoms with Gasteiger partial charge in [0.25, 0.3) is 0 Å². The van der Waals surface area contributed by atoms with E-state index in [4.69, 9.17) is 19.4 Å².